The van der Waals surface area contributed by atoms with Crippen LogP contribution in [-0.4, -0.2) is 22.3 Å². The molecule has 4 aliphatic rings. The maximum Gasteiger partial charge on any atom is 0.309 e. The second-order valence-corrected chi connectivity index (χ2v) is 6.00. The molecule has 0 aromatic carbocycles. The fraction of sp³-hybridized carbons (Fsp3) is 0.643. The van der Waals surface area contributed by atoms with Crippen LogP contribution in [0.2, 0.25) is 0 Å². The normalized spacial score (nSPS) is 47.9. The maximum atomic E-state index is 11.6. The Morgan fingerprint density at radius 3 is 3.06 bits per heavy atom. The van der Waals surface area contributed by atoms with Gasteiger partial charge in [0.2, 0.25) is 0 Å². The van der Waals surface area contributed by atoms with Crippen molar-refractivity contribution < 1.29 is 19.4 Å². The SMILES string of the molecule is C=CC[C@@H]1C[C@]2(O)CC(=O)O[C@@]23CC2=C(C[C@H]13)O2. The summed E-state index contributed by atoms with van der Waals surface area (Å²) in [5.41, 5.74) is -1.74. The highest BCUT2D eigenvalue weighted by Gasteiger charge is 2.73. The van der Waals surface area contributed by atoms with Gasteiger partial charge in [-0.25, -0.2) is 0 Å². The topological polar surface area (TPSA) is 59.1 Å². The molecular formula is C14H16O4. The fourth-order valence-electron chi connectivity index (χ4n) is 4.32. The number of hydrogen-bond acceptors (Lipinski definition) is 4. The average Bonchev–Trinajstić information content (AvgIpc) is 2.93. The van der Waals surface area contributed by atoms with E-state index < -0.39 is 11.2 Å². The number of esters is 1. The van der Waals surface area contributed by atoms with E-state index in [1.54, 1.807) is 0 Å². The Bertz CT molecular complexity index is 494. The summed E-state index contributed by atoms with van der Waals surface area (Å²) in [5, 5.41) is 10.9. The van der Waals surface area contributed by atoms with Crippen LogP contribution in [0.5, 0.6) is 0 Å². The van der Waals surface area contributed by atoms with Crippen LogP contribution in [0.15, 0.2) is 24.2 Å². The van der Waals surface area contributed by atoms with Crippen LogP contribution in [0.4, 0.5) is 0 Å². The molecule has 4 heteroatoms. The fourth-order valence-corrected chi connectivity index (χ4v) is 4.32. The minimum absolute atomic E-state index is 0.125. The predicted molar refractivity (Wildman–Crippen MR) is 62.1 cm³/mol. The lowest BCUT2D eigenvalue weighted by atomic mass is 9.73. The maximum absolute atomic E-state index is 11.6. The first-order chi connectivity index (χ1) is 8.58. The van der Waals surface area contributed by atoms with E-state index in [0.29, 0.717) is 18.8 Å². The third-order valence-electron chi connectivity index (χ3n) is 5.10. The van der Waals surface area contributed by atoms with Crippen molar-refractivity contribution in [2.45, 2.75) is 43.3 Å². The predicted octanol–water partition coefficient (Wildman–Crippen LogP) is 1.65. The van der Waals surface area contributed by atoms with Crippen LogP contribution in [-0.2, 0) is 14.3 Å². The third kappa shape index (κ3) is 1.08. The van der Waals surface area contributed by atoms with Crippen LogP contribution in [0.25, 0.3) is 0 Å². The lowest BCUT2D eigenvalue weighted by Crippen LogP contribution is -2.51. The summed E-state index contributed by atoms with van der Waals surface area (Å²) in [6.07, 6.45) is 4.86. The van der Waals surface area contributed by atoms with Crippen molar-refractivity contribution in [3.05, 3.63) is 24.2 Å². The molecule has 1 N–H and O–H groups in total. The van der Waals surface area contributed by atoms with Gasteiger partial charge < -0.3 is 14.6 Å². The molecule has 18 heavy (non-hydrogen) atoms. The molecule has 4 atom stereocenters. The zero-order valence-corrected chi connectivity index (χ0v) is 10.1. The van der Waals surface area contributed by atoms with Gasteiger partial charge in [0, 0.05) is 12.3 Å². The van der Waals surface area contributed by atoms with Gasteiger partial charge in [0.25, 0.3) is 0 Å². The average molecular weight is 248 g/mol. The van der Waals surface area contributed by atoms with Gasteiger partial charge in [0.15, 0.2) is 5.60 Å². The Morgan fingerprint density at radius 1 is 1.44 bits per heavy atom. The van der Waals surface area contributed by atoms with Gasteiger partial charge in [-0.1, -0.05) is 6.08 Å². The van der Waals surface area contributed by atoms with E-state index in [1.165, 1.54) is 0 Å². The molecule has 0 aromatic heterocycles. The first-order valence-electron chi connectivity index (χ1n) is 6.53. The summed E-state index contributed by atoms with van der Waals surface area (Å²) in [7, 11) is 0. The number of carbonyl (C=O) groups excluding carboxylic acids is 1. The van der Waals surface area contributed by atoms with Crippen molar-refractivity contribution in [2.24, 2.45) is 11.8 Å². The van der Waals surface area contributed by atoms with E-state index in [0.717, 1.165) is 24.4 Å². The molecule has 0 bridgehead atoms. The molecule has 2 aliphatic carbocycles. The van der Waals surface area contributed by atoms with E-state index >= 15 is 0 Å². The van der Waals surface area contributed by atoms with Crippen LogP contribution in [0, 0.1) is 11.8 Å². The van der Waals surface area contributed by atoms with Crippen molar-refractivity contribution in [1.29, 1.82) is 0 Å². The molecule has 2 aliphatic heterocycles. The highest BCUT2D eigenvalue weighted by Crippen LogP contribution is 2.65. The number of rotatable bonds is 2. The zero-order chi connectivity index (χ0) is 12.5. The summed E-state index contributed by atoms with van der Waals surface area (Å²) >= 11 is 0. The van der Waals surface area contributed by atoms with E-state index in [1.807, 2.05) is 6.08 Å². The minimum atomic E-state index is -1.01. The van der Waals surface area contributed by atoms with Gasteiger partial charge in [-0.3, -0.25) is 4.79 Å². The highest BCUT2D eigenvalue weighted by molar-refractivity contribution is 5.75. The Kier molecular flexibility index (Phi) is 1.76. The molecule has 96 valence electrons. The minimum Gasteiger partial charge on any atom is -0.459 e. The Morgan fingerprint density at radius 2 is 2.28 bits per heavy atom. The first-order valence-corrected chi connectivity index (χ1v) is 6.53. The quantitative estimate of drug-likeness (QED) is 0.596. The summed E-state index contributed by atoms with van der Waals surface area (Å²) in [6, 6.07) is 0. The summed E-state index contributed by atoms with van der Waals surface area (Å²) in [5.74, 6) is 2.21. The molecule has 1 saturated heterocycles. The summed E-state index contributed by atoms with van der Waals surface area (Å²) in [6.45, 7) is 3.79. The van der Waals surface area contributed by atoms with Crippen LogP contribution in [0.1, 0.15) is 32.1 Å². The number of ether oxygens (including phenoxy) is 2. The molecule has 4 rings (SSSR count). The molecule has 1 spiro atoms. The first kappa shape index (κ1) is 10.6. The van der Waals surface area contributed by atoms with Crippen molar-refractivity contribution >= 4 is 5.97 Å². The Balaban J connectivity index is 1.78. The largest absolute Gasteiger partial charge is 0.459 e. The Labute approximate surface area is 105 Å². The molecule has 4 nitrogen and oxygen atoms in total. The molecule has 2 heterocycles. The lowest BCUT2D eigenvalue weighted by molar-refractivity contribution is -0.162. The molecule has 1 saturated carbocycles. The second-order valence-electron chi connectivity index (χ2n) is 6.00. The van der Waals surface area contributed by atoms with Crippen LogP contribution in [0.3, 0.4) is 0 Å². The van der Waals surface area contributed by atoms with Gasteiger partial charge in [-0.15, -0.1) is 6.58 Å². The van der Waals surface area contributed by atoms with Gasteiger partial charge in [-0.05, 0) is 18.8 Å². The lowest BCUT2D eigenvalue weighted by Gasteiger charge is -2.38. The second kappa shape index (κ2) is 2.99. The molecule has 2 fully saturated rings. The van der Waals surface area contributed by atoms with Gasteiger partial charge >= 0.3 is 5.97 Å². The number of aliphatic hydroxyl groups is 1. The van der Waals surface area contributed by atoms with Crippen molar-refractivity contribution in [3.8, 4) is 0 Å². The number of allylic oxidation sites excluding steroid dienone is 2. The number of hydrogen-bond donors (Lipinski definition) is 1. The molecule has 0 unspecified atom stereocenters. The van der Waals surface area contributed by atoms with Crippen LogP contribution >= 0.6 is 0 Å². The monoisotopic (exact) mass is 248 g/mol. The van der Waals surface area contributed by atoms with E-state index in [-0.39, 0.29) is 18.3 Å². The van der Waals surface area contributed by atoms with E-state index in [2.05, 4.69) is 6.58 Å². The Hall–Kier alpha value is -1.29. The van der Waals surface area contributed by atoms with Gasteiger partial charge in [0.05, 0.1) is 12.8 Å². The van der Waals surface area contributed by atoms with Gasteiger partial charge in [-0.2, -0.15) is 0 Å². The van der Waals surface area contributed by atoms with Crippen molar-refractivity contribution in [1.82, 2.24) is 0 Å². The molecular weight excluding hydrogens is 232 g/mol. The van der Waals surface area contributed by atoms with Crippen LogP contribution < -0.4 is 0 Å². The number of carbonyl (C=O) groups is 1. The molecule has 0 amide bonds. The van der Waals surface area contributed by atoms with E-state index in [4.69, 9.17) is 9.47 Å². The highest BCUT2D eigenvalue weighted by atomic mass is 16.6. The third-order valence-corrected chi connectivity index (χ3v) is 5.10. The van der Waals surface area contributed by atoms with Crippen molar-refractivity contribution in [2.75, 3.05) is 0 Å². The summed E-state index contributed by atoms with van der Waals surface area (Å²) < 4.78 is 11.0. The molecule has 0 aromatic rings. The zero-order valence-electron chi connectivity index (χ0n) is 10.1. The summed E-state index contributed by atoms with van der Waals surface area (Å²) in [4.78, 5) is 11.6. The molecule has 0 radical (unpaired) electrons. The standard InChI is InChI=1S/C14H16O4/c1-2-3-8-5-13(16)7-12(15)18-14(13)6-11-10(17-11)4-9(8)14/h2,8-9,16H,1,3-7H2/t8-,9-,13+,14-/m1/s1. The van der Waals surface area contributed by atoms with E-state index in [9.17, 15) is 9.90 Å². The van der Waals surface area contributed by atoms with Crippen molar-refractivity contribution in [3.63, 3.8) is 0 Å². The van der Waals surface area contributed by atoms with Gasteiger partial charge in [0.1, 0.15) is 17.1 Å². The smallest absolute Gasteiger partial charge is 0.309 e.